The lowest BCUT2D eigenvalue weighted by Crippen LogP contribution is -2.03. The molecule has 0 aliphatic heterocycles. The first-order valence-electron chi connectivity index (χ1n) is 6.06. The van der Waals surface area contributed by atoms with Crippen molar-refractivity contribution in [3.8, 4) is 0 Å². The molecule has 6 nitrogen and oxygen atoms in total. The van der Waals surface area contributed by atoms with Crippen LogP contribution in [0, 0.1) is 17.0 Å². The van der Waals surface area contributed by atoms with Crippen LogP contribution >= 0.6 is 11.8 Å². The maximum Gasteiger partial charge on any atom is 0.269 e. The van der Waals surface area contributed by atoms with Gasteiger partial charge in [0, 0.05) is 29.0 Å². The van der Waals surface area contributed by atoms with Crippen LogP contribution in [0.25, 0.3) is 0 Å². The normalized spacial score (nSPS) is 10.5. The lowest BCUT2D eigenvalue weighted by molar-refractivity contribution is -0.384. The second kappa shape index (κ2) is 5.87. The van der Waals surface area contributed by atoms with Crippen LogP contribution in [0.4, 0.5) is 11.5 Å². The Balaban J connectivity index is 2.29. The molecule has 0 unspecified atom stereocenters. The van der Waals surface area contributed by atoms with Crippen molar-refractivity contribution in [2.24, 2.45) is 0 Å². The lowest BCUT2D eigenvalue weighted by atomic mass is 10.3. The molecule has 20 heavy (non-hydrogen) atoms. The average molecular weight is 290 g/mol. The van der Waals surface area contributed by atoms with Gasteiger partial charge in [-0.25, -0.2) is 9.97 Å². The average Bonchev–Trinajstić information content (AvgIpc) is 2.44. The SMILES string of the molecule is CCc1nc(N)c(C)c(Sc2ccc([N+](=O)[O-])cc2)n1. The monoisotopic (exact) mass is 290 g/mol. The minimum absolute atomic E-state index is 0.0718. The summed E-state index contributed by atoms with van der Waals surface area (Å²) in [5.41, 5.74) is 6.76. The zero-order valence-corrected chi connectivity index (χ0v) is 12.0. The smallest absolute Gasteiger partial charge is 0.269 e. The second-order valence-corrected chi connectivity index (χ2v) is 5.22. The zero-order chi connectivity index (χ0) is 14.7. The van der Waals surface area contributed by atoms with E-state index >= 15 is 0 Å². The molecule has 7 heteroatoms. The Kier molecular flexibility index (Phi) is 4.19. The number of hydrogen-bond acceptors (Lipinski definition) is 6. The Morgan fingerprint density at radius 1 is 1.30 bits per heavy atom. The fraction of sp³-hybridized carbons (Fsp3) is 0.231. The van der Waals surface area contributed by atoms with Gasteiger partial charge in [-0.05, 0) is 19.1 Å². The number of nitrogens with two attached hydrogens (primary N) is 1. The van der Waals surface area contributed by atoms with Gasteiger partial charge in [0.05, 0.1) is 4.92 Å². The van der Waals surface area contributed by atoms with Crippen molar-refractivity contribution >= 4 is 23.3 Å². The van der Waals surface area contributed by atoms with Crippen LogP contribution in [0.15, 0.2) is 34.2 Å². The first-order valence-corrected chi connectivity index (χ1v) is 6.88. The van der Waals surface area contributed by atoms with Crippen LogP contribution in [0.1, 0.15) is 18.3 Å². The molecule has 0 bridgehead atoms. The summed E-state index contributed by atoms with van der Waals surface area (Å²) < 4.78 is 0. The molecule has 0 atom stereocenters. The van der Waals surface area contributed by atoms with Crippen LogP contribution in [-0.4, -0.2) is 14.9 Å². The van der Waals surface area contributed by atoms with Gasteiger partial charge in [-0.2, -0.15) is 0 Å². The molecule has 2 rings (SSSR count). The van der Waals surface area contributed by atoms with Crippen molar-refractivity contribution in [1.29, 1.82) is 0 Å². The van der Waals surface area contributed by atoms with Crippen LogP contribution in [-0.2, 0) is 6.42 Å². The molecule has 104 valence electrons. The first-order chi connectivity index (χ1) is 9.51. The first kappa shape index (κ1) is 14.3. The summed E-state index contributed by atoms with van der Waals surface area (Å²) in [5, 5.41) is 11.4. The summed E-state index contributed by atoms with van der Waals surface area (Å²) >= 11 is 1.42. The molecule has 2 N–H and O–H groups in total. The number of hydrogen-bond donors (Lipinski definition) is 1. The van der Waals surface area contributed by atoms with E-state index < -0.39 is 4.92 Å². The third-order valence-corrected chi connectivity index (χ3v) is 3.86. The van der Waals surface area contributed by atoms with Crippen molar-refractivity contribution in [1.82, 2.24) is 9.97 Å². The predicted molar refractivity (Wildman–Crippen MR) is 77.8 cm³/mol. The fourth-order valence-electron chi connectivity index (χ4n) is 1.56. The number of non-ortho nitro benzene ring substituents is 1. The quantitative estimate of drug-likeness (QED) is 0.528. The molecule has 0 saturated carbocycles. The number of anilines is 1. The minimum atomic E-state index is -0.419. The molecule has 0 aliphatic carbocycles. The third-order valence-electron chi connectivity index (χ3n) is 2.76. The van der Waals surface area contributed by atoms with E-state index in [0.717, 1.165) is 15.5 Å². The van der Waals surface area contributed by atoms with E-state index in [4.69, 9.17) is 5.73 Å². The van der Waals surface area contributed by atoms with Gasteiger partial charge in [0.2, 0.25) is 0 Å². The van der Waals surface area contributed by atoms with Gasteiger partial charge in [-0.15, -0.1) is 0 Å². The highest BCUT2D eigenvalue weighted by molar-refractivity contribution is 7.99. The van der Waals surface area contributed by atoms with Gasteiger partial charge in [0.15, 0.2) is 0 Å². The summed E-state index contributed by atoms with van der Waals surface area (Å²) in [6.07, 6.45) is 0.707. The Morgan fingerprint density at radius 2 is 1.95 bits per heavy atom. The summed E-state index contributed by atoms with van der Waals surface area (Å²) in [4.78, 5) is 19.7. The Hall–Kier alpha value is -2.15. The Labute approximate surface area is 120 Å². The number of rotatable bonds is 4. The van der Waals surface area contributed by atoms with Gasteiger partial charge < -0.3 is 5.73 Å². The summed E-state index contributed by atoms with van der Waals surface area (Å²) in [6.45, 7) is 3.83. The number of nitrogen functional groups attached to an aromatic ring is 1. The number of aromatic nitrogens is 2. The van der Waals surface area contributed by atoms with Gasteiger partial charge in [-0.3, -0.25) is 10.1 Å². The number of benzene rings is 1. The second-order valence-electron chi connectivity index (χ2n) is 4.16. The molecule has 0 aliphatic rings. The molecule has 0 spiro atoms. The number of nitro groups is 1. The van der Waals surface area contributed by atoms with Crippen LogP contribution < -0.4 is 5.73 Å². The van der Waals surface area contributed by atoms with Crippen molar-refractivity contribution in [3.05, 3.63) is 45.8 Å². The fourth-order valence-corrected chi connectivity index (χ4v) is 2.47. The van der Waals surface area contributed by atoms with Gasteiger partial charge in [-0.1, -0.05) is 18.7 Å². The molecule has 1 aromatic heterocycles. The molecule has 1 aromatic carbocycles. The van der Waals surface area contributed by atoms with Crippen molar-refractivity contribution in [2.45, 2.75) is 30.2 Å². The Bertz CT molecular complexity index is 644. The molecular formula is C13H14N4O2S. The van der Waals surface area contributed by atoms with E-state index in [1.807, 2.05) is 13.8 Å². The topological polar surface area (TPSA) is 94.9 Å². The maximum absolute atomic E-state index is 10.6. The Morgan fingerprint density at radius 3 is 2.50 bits per heavy atom. The van der Waals surface area contributed by atoms with Crippen LogP contribution in [0.5, 0.6) is 0 Å². The molecular weight excluding hydrogens is 276 g/mol. The summed E-state index contributed by atoms with van der Waals surface area (Å²) in [5.74, 6) is 1.17. The molecule has 0 amide bonds. The minimum Gasteiger partial charge on any atom is -0.383 e. The van der Waals surface area contributed by atoms with E-state index in [1.54, 1.807) is 12.1 Å². The number of aryl methyl sites for hydroxylation is 1. The summed E-state index contributed by atoms with van der Waals surface area (Å²) in [7, 11) is 0. The van der Waals surface area contributed by atoms with Crippen molar-refractivity contribution in [2.75, 3.05) is 5.73 Å². The van der Waals surface area contributed by atoms with E-state index in [-0.39, 0.29) is 5.69 Å². The maximum atomic E-state index is 10.6. The van der Waals surface area contributed by atoms with Crippen molar-refractivity contribution in [3.63, 3.8) is 0 Å². The number of nitro benzene ring substituents is 1. The molecule has 0 radical (unpaired) electrons. The highest BCUT2D eigenvalue weighted by Crippen LogP contribution is 2.31. The van der Waals surface area contributed by atoms with Crippen LogP contribution in [0.2, 0.25) is 0 Å². The van der Waals surface area contributed by atoms with Crippen molar-refractivity contribution < 1.29 is 4.92 Å². The molecule has 0 fully saturated rings. The summed E-state index contributed by atoms with van der Waals surface area (Å²) in [6, 6.07) is 6.35. The van der Waals surface area contributed by atoms with Gasteiger partial charge >= 0.3 is 0 Å². The van der Waals surface area contributed by atoms with E-state index in [1.165, 1.54) is 23.9 Å². The van der Waals surface area contributed by atoms with Gasteiger partial charge in [0.25, 0.3) is 5.69 Å². The largest absolute Gasteiger partial charge is 0.383 e. The van der Waals surface area contributed by atoms with Crippen LogP contribution in [0.3, 0.4) is 0 Å². The lowest BCUT2D eigenvalue weighted by Gasteiger charge is -2.08. The predicted octanol–water partition coefficient (Wildman–Crippen LogP) is 2.99. The van der Waals surface area contributed by atoms with E-state index in [2.05, 4.69) is 9.97 Å². The molecule has 2 aromatic rings. The highest BCUT2D eigenvalue weighted by atomic mass is 32.2. The third kappa shape index (κ3) is 3.05. The molecule has 1 heterocycles. The standard InChI is InChI=1S/C13H14N4O2S/c1-3-11-15-12(14)8(2)13(16-11)20-10-6-4-9(5-7-10)17(18)19/h4-7H,3H2,1-2H3,(H2,14,15,16). The molecule has 0 saturated heterocycles. The van der Waals surface area contributed by atoms with E-state index in [0.29, 0.717) is 18.1 Å². The van der Waals surface area contributed by atoms with E-state index in [9.17, 15) is 10.1 Å². The highest BCUT2D eigenvalue weighted by Gasteiger charge is 2.11. The van der Waals surface area contributed by atoms with Gasteiger partial charge in [0.1, 0.15) is 16.7 Å². The zero-order valence-electron chi connectivity index (χ0n) is 11.2. The number of nitrogens with zero attached hydrogens (tertiary/aromatic N) is 3.